The maximum Gasteiger partial charge on any atom is 0.187 e. The van der Waals surface area contributed by atoms with E-state index in [9.17, 15) is 133 Å². The minimum absolute atomic E-state index is 0.534. The van der Waals surface area contributed by atoms with E-state index in [1.807, 2.05) is 0 Å². The van der Waals surface area contributed by atoms with Crippen LogP contribution < -0.4 is 0 Å². The van der Waals surface area contributed by atoms with Crippen molar-refractivity contribution in [1.82, 2.24) is 0 Å². The van der Waals surface area contributed by atoms with Gasteiger partial charge in [0.25, 0.3) is 0 Å². The van der Waals surface area contributed by atoms with Crippen LogP contribution in [0.4, 0.5) is 0 Å². The summed E-state index contributed by atoms with van der Waals surface area (Å²) in [7, 11) is 0. The second-order valence-corrected chi connectivity index (χ2v) is 24.0. The average Bonchev–Trinajstić information content (AvgIpc) is 0.785. The average molecular weight is 1390 g/mol. The summed E-state index contributed by atoms with van der Waals surface area (Å²) in [6.07, 6.45) is -84.5. The molecule has 0 unspecified atom stereocenters. The molecule has 548 valence electrons. The molecule has 9 fully saturated rings. The number of hydrogen-bond donors (Lipinski definition) is 26. The highest BCUT2D eigenvalue weighted by atomic mass is 16.8. The van der Waals surface area contributed by atoms with Crippen LogP contribution in [0, 0.1) is 0 Å². The van der Waals surface area contributed by atoms with Crippen LogP contribution in [-0.2, 0) is 80.5 Å². The van der Waals surface area contributed by atoms with E-state index >= 15 is 0 Å². The van der Waals surface area contributed by atoms with Crippen molar-refractivity contribution in [2.24, 2.45) is 0 Å². The van der Waals surface area contributed by atoms with Gasteiger partial charge in [-0.25, -0.2) is 0 Å². The predicted octanol–water partition coefficient (Wildman–Crippen LogP) is -18.7. The molecule has 9 rings (SSSR count). The van der Waals surface area contributed by atoms with Gasteiger partial charge in [0.15, 0.2) is 56.6 Å². The van der Waals surface area contributed by atoms with Crippen molar-refractivity contribution in [2.75, 3.05) is 59.5 Å². The fraction of sp³-hybridized carbons (Fsp3) is 1.00. The van der Waals surface area contributed by atoms with Crippen molar-refractivity contribution in [3.8, 4) is 0 Å². The van der Waals surface area contributed by atoms with Crippen LogP contribution in [0.1, 0.15) is 0 Å². The van der Waals surface area contributed by atoms with E-state index in [4.69, 9.17) is 80.5 Å². The Balaban J connectivity index is 1.00. The Labute approximate surface area is 530 Å². The van der Waals surface area contributed by atoms with Crippen molar-refractivity contribution >= 4 is 0 Å². The predicted molar refractivity (Wildman–Crippen MR) is 279 cm³/mol. The van der Waals surface area contributed by atoms with E-state index in [1.54, 1.807) is 0 Å². The number of hydrogen-bond acceptors (Lipinski definition) is 43. The maximum absolute atomic E-state index is 12.1. The Bertz CT molecular complexity index is 2290. The molecule has 0 saturated carbocycles. The van der Waals surface area contributed by atoms with Gasteiger partial charge in [0, 0.05) is 0 Å². The van der Waals surface area contributed by atoms with Crippen LogP contribution in [-0.4, -0.2) is 450 Å². The van der Waals surface area contributed by atoms with E-state index in [1.165, 1.54) is 0 Å². The highest BCUT2D eigenvalue weighted by Gasteiger charge is 2.58. The molecule has 0 aromatic rings. The first-order valence-corrected chi connectivity index (χ1v) is 29.9. The Hall–Kier alpha value is -1.72. The van der Waals surface area contributed by atoms with Crippen molar-refractivity contribution in [2.45, 2.75) is 258 Å². The third-order valence-electron chi connectivity index (χ3n) is 17.5. The maximum atomic E-state index is 12.1. The number of aliphatic hydroxyl groups is 26. The first-order valence-electron chi connectivity index (χ1n) is 29.9. The SMILES string of the molecule is OC[C@H]1O[C@@H](O[C@H]2[C@@H](OC[C@H]3O[C@@H](O[C@H]4[C@H](O)[C@@H](O)[C@H](O[C@H]5[C@H](O)[C@@H](O)[C@@H](O)O[C@@H]5CO)O[C@@H]4CO[C@H]4OC[C@@H](O)[C@H](O)[C@H]4O[C@@H]4O[C@H](CO)[C@H](O)[C@H](O)[C@H]4O)[C@H](O)[C@@H](O)[C@@H]3O[C@@H]3O[C@H](CO[C@H]4OC[C@@H](O)[C@H](O)[C@H]4O)[C@@H](O)[C@H](O)[C@H]3O)OC[C@@H](O)[C@@H]2O)[C@H](O)[C@@H](O)[C@H]1O. The Morgan fingerprint density at radius 3 is 0.894 bits per heavy atom. The zero-order valence-corrected chi connectivity index (χ0v) is 49.2. The summed E-state index contributed by atoms with van der Waals surface area (Å²) in [6, 6.07) is 0. The van der Waals surface area contributed by atoms with Gasteiger partial charge in [-0.3, -0.25) is 0 Å². The highest BCUT2D eigenvalue weighted by molar-refractivity contribution is 5.00. The summed E-state index contributed by atoms with van der Waals surface area (Å²) in [5.74, 6) is 0. The van der Waals surface area contributed by atoms with E-state index < -0.39 is 318 Å². The molecule has 0 amide bonds. The molecule has 9 heterocycles. The molecule has 43 nitrogen and oxygen atoms in total. The molecule has 0 bridgehead atoms. The molecule has 0 radical (unpaired) electrons. The van der Waals surface area contributed by atoms with Gasteiger partial charge in [0.1, 0.15) is 201 Å². The van der Waals surface area contributed by atoms with Crippen LogP contribution in [0.3, 0.4) is 0 Å². The molecule has 43 heteroatoms. The van der Waals surface area contributed by atoms with E-state index in [0.717, 1.165) is 0 Å². The normalized spacial score (nSPS) is 53.9. The van der Waals surface area contributed by atoms with Gasteiger partial charge in [-0.1, -0.05) is 0 Å². The molecule has 0 aliphatic carbocycles. The monoisotopic (exact) mass is 1390 g/mol. The number of aliphatic hydroxyl groups excluding tert-OH is 26. The molecule has 94 heavy (non-hydrogen) atoms. The van der Waals surface area contributed by atoms with Gasteiger partial charge in [0.2, 0.25) is 0 Å². The minimum atomic E-state index is -2.48. The lowest BCUT2D eigenvalue weighted by Gasteiger charge is -2.49. The molecule has 0 aromatic carbocycles. The number of rotatable bonds is 22. The molecule has 0 aromatic heterocycles. The van der Waals surface area contributed by atoms with Gasteiger partial charge < -0.3 is 213 Å². The molecule has 9 aliphatic heterocycles. The lowest BCUT2D eigenvalue weighted by molar-refractivity contribution is -0.397. The van der Waals surface area contributed by atoms with Gasteiger partial charge in [-0.05, 0) is 0 Å². The highest BCUT2D eigenvalue weighted by Crippen LogP contribution is 2.38. The number of ether oxygens (including phenoxy) is 17. The van der Waals surface area contributed by atoms with Gasteiger partial charge in [0.05, 0.1) is 59.5 Å². The molecule has 0 spiro atoms. The summed E-state index contributed by atoms with van der Waals surface area (Å²) in [5.41, 5.74) is 0. The minimum Gasteiger partial charge on any atom is -0.394 e. The van der Waals surface area contributed by atoms with Crippen molar-refractivity contribution < 1.29 is 213 Å². The Kier molecular flexibility index (Phi) is 26.8. The quantitative estimate of drug-likeness (QED) is 0.0479. The third kappa shape index (κ3) is 16.3. The second-order valence-electron chi connectivity index (χ2n) is 24.0. The molecular weight excluding hydrogens is 1300 g/mol. The molecular formula is C51H86O43. The van der Waals surface area contributed by atoms with Crippen LogP contribution in [0.5, 0.6) is 0 Å². The van der Waals surface area contributed by atoms with Gasteiger partial charge in [-0.2, -0.15) is 0 Å². The lowest BCUT2D eigenvalue weighted by atomic mass is 9.95. The fourth-order valence-corrected chi connectivity index (χ4v) is 11.8. The fourth-order valence-electron chi connectivity index (χ4n) is 11.8. The summed E-state index contributed by atoms with van der Waals surface area (Å²) in [6.45, 7) is -7.83. The van der Waals surface area contributed by atoms with Crippen molar-refractivity contribution in [3.63, 3.8) is 0 Å². The van der Waals surface area contributed by atoms with Crippen LogP contribution in [0.25, 0.3) is 0 Å². The third-order valence-corrected chi connectivity index (χ3v) is 17.5. The molecule has 9 saturated heterocycles. The summed E-state index contributed by atoms with van der Waals surface area (Å²) < 4.78 is 97.1. The summed E-state index contributed by atoms with van der Waals surface area (Å²) in [4.78, 5) is 0. The first kappa shape index (κ1) is 76.5. The van der Waals surface area contributed by atoms with Crippen molar-refractivity contribution in [3.05, 3.63) is 0 Å². The van der Waals surface area contributed by atoms with Gasteiger partial charge in [-0.15, -0.1) is 0 Å². The Morgan fingerprint density at radius 1 is 0.223 bits per heavy atom. The zero-order valence-electron chi connectivity index (χ0n) is 49.2. The van der Waals surface area contributed by atoms with E-state index in [0.29, 0.717) is 0 Å². The van der Waals surface area contributed by atoms with Crippen LogP contribution in [0.15, 0.2) is 0 Å². The zero-order chi connectivity index (χ0) is 68.6. The topological polar surface area (TPSA) is 683 Å². The standard InChI is InChI=1S/C51H86O43/c52-1-13-22(61)25(64)33(72)45(85-13)93-41-20(59)11(56)5-79-50(41)82-8-17-39(91-47-35(74)27(66)24(63)16(87-47)7-81-44-32(71)19(58)10(55)4-78-44)30(69)37(76)49(89-17)92-40-18(88-48(36(75)29(40)68)90-38-15(3-54)84-43(77)31(70)28(38)67)9-83-51-42(21(60)12(57)6-80-51)94-46-34(73)26(65)23(62)14(2-53)86-46/h10-77H,1-9H2/t10-,11-,12-,13-,14-,15-,16-,17-,18-,19+,20+,21+,22+,23+,24-,25+,26+,27+,28-,29-,30-,31-,32-,33-,34-,35-,36-,37-,38-,39-,40-,41-,42-,43+,44-,45+,46+,47+,48+,49+,50-,51-/m1/s1. The lowest BCUT2D eigenvalue weighted by Crippen LogP contribution is -2.68. The van der Waals surface area contributed by atoms with E-state index in [2.05, 4.69) is 0 Å². The first-order chi connectivity index (χ1) is 44.5. The Morgan fingerprint density at radius 2 is 0.500 bits per heavy atom. The summed E-state index contributed by atoms with van der Waals surface area (Å²) >= 11 is 0. The van der Waals surface area contributed by atoms with Gasteiger partial charge >= 0.3 is 0 Å². The van der Waals surface area contributed by atoms with Crippen molar-refractivity contribution in [1.29, 1.82) is 0 Å². The molecule has 9 aliphatic rings. The van der Waals surface area contributed by atoms with E-state index in [-0.39, 0.29) is 0 Å². The summed E-state index contributed by atoms with van der Waals surface area (Å²) in [5, 5.41) is 280. The smallest absolute Gasteiger partial charge is 0.187 e. The van der Waals surface area contributed by atoms with Crippen LogP contribution in [0.2, 0.25) is 0 Å². The largest absolute Gasteiger partial charge is 0.394 e. The second kappa shape index (κ2) is 32.9. The molecule has 42 atom stereocenters. The van der Waals surface area contributed by atoms with Crippen LogP contribution >= 0.6 is 0 Å². The molecule has 26 N–H and O–H groups in total.